The number of aryl methyl sites for hydroxylation is 1. The van der Waals surface area contributed by atoms with E-state index in [2.05, 4.69) is 303 Å². The van der Waals surface area contributed by atoms with Crippen LogP contribution in [0.4, 0.5) is 28.4 Å². The summed E-state index contributed by atoms with van der Waals surface area (Å²) in [6, 6.07) is 80.8. The van der Waals surface area contributed by atoms with Gasteiger partial charge in [-0.1, -0.05) is 217 Å². The molecule has 10 aromatic carbocycles. The largest absolute Gasteiger partial charge is 0.334 e. The Morgan fingerprint density at radius 2 is 1.04 bits per heavy atom. The fourth-order valence-corrected chi connectivity index (χ4v) is 17.2. The smallest absolute Gasteiger partial charge is 0.252 e. The number of para-hydroxylation sites is 4. The molecule has 0 radical (unpaired) electrons. The first-order chi connectivity index (χ1) is 46.1. The molecule has 5 heteroatoms. The van der Waals surface area contributed by atoms with Crippen molar-refractivity contribution in [3.05, 3.63) is 265 Å². The SMILES string of the molecule is [2H]C([2H])([2H])c1cc2c3c(c1)N(C1C(C4CC=CCC4)=CC(C(C)(C)C)CC1C1=CCCCC1)c1cc(-n4c5ccccc5c5ccccc54)ccc1B3c1ccc(-n3c4ccccc4c4ccccc43)cc1N2c1c(-c2ccccc2)cc(C(C)(C)C)cc1-c1ccccc1. The number of hydrogen-bond acceptors (Lipinski definition) is 2. The average Bonchev–Trinajstić information content (AvgIpc) is 1.34. The Morgan fingerprint density at radius 3 is 1.55 bits per heavy atom. The lowest BCUT2D eigenvalue weighted by Crippen LogP contribution is -2.64. The van der Waals surface area contributed by atoms with E-state index in [1.54, 1.807) is 5.57 Å². The highest BCUT2D eigenvalue weighted by Gasteiger charge is 2.50. The Labute approximate surface area is 548 Å². The number of benzene rings is 10. The lowest BCUT2D eigenvalue weighted by molar-refractivity contribution is 0.220. The molecular weight excluding hydrogens is 1110 g/mol. The van der Waals surface area contributed by atoms with Crippen LogP contribution >= 0.6 is 0 Å². The fourth-order valence-electron chi connectivity index (χ4n) is 17.2. The van der Waals surface area contributed by atoms with E-state index in [1.165, 1.54) is 56.4 Å². The van der Waals surface area contributed by atoms with E-state index in [-0.39, 0.29) is 29.5 Å². The Bertz CT molecular complexity index is 4980. The molecule has 4 heterocycles. The molecule has 12 aromatic rings. The van der Waals surface area contributed by atoms with Gasteiger partial charge in [0.15, 0.2) is 0 Å². The maximum Gasteiger partial charge on any atom is 0.252 e. The van der Waals surface area contributed by atoms with Crippen molar-refractivity contribution in [2.24, 2.45) is 23.2 Å². The number of rotatable bonds is 8. The van der Waals surface area contributed by atoms with Crippen molar-refractivity contribution in [3.8, 4) is 33.6 Å². The van der Waals surface area contributed by atoms with Crippen LogP contribution in [-0.2, 0) is 5.41 Å². The summed E-state index contributed by atoms with van der Waals surface area (Å²) in [5.41, 5.74) is 24.1. The number of nitrogens with zero attached hydrogens (tertiary/aromatic N) is 4. The Balaban J connectivity index is 1.04. The fraction of sp³-hybridized carbons (Fsp3) is 0.241. The summed E-state index contributed by atoms with van der Waals surface area (Å²) in [6.07, 6.45) is 18.8. The van der Waals surface area contributed by atoms with Crippen molar-refractivity contribution in [3.63, 3.8) is 0 Å². The number of fused-ring (bicyclic) bond motifs is 10. The second-order valence-electron chi connectivity index (χ2n) is 29.1. The summed E-state index contributed by atoms with van der Waals surface area (Å²) in [6.45, 7) is 11.5. The predicted molar refractivity (Wildman–Crippen MR) is 393 cm³/mol. The summed E-state index contributed by atoms with van der Waals surface area (Å²) < 4.78 is 34.5. The topological polar surface area (TPSA) is 16.3 Å². The predicted octanol–water partition coefficient (Wildman–Crippen LogP) is 21.4. The highest BCUT2D eigenvalue weighted by Crippen LogP contribution is 2.55. The molecule has 2 aliphatic heterocycles. The average molecular weight is 1200 g/mol. The summed E-state index contributed by atoms with van der Waals surface area (Å²) >= 11 is 0. The number of anilines is 5. The lowest BCUT2D eigenvalue weighted by Gasteiger charge is -2.53. The molecule has 0 saturated carbocycles. The minimum Gasteiger partial charge on any atom is -0.334 e. The van der Waals surface area contributed by atoms with Gasteiger partial charge in [0.05, 0.1) is 33.8 Å². The first-order valence-corrected chi connectivity index (χ1v) is 33.9. The van der Waals surface area contributed by atoms with E-state index in [0.29, 0.717) is 17.4 Å². The molecule has 4 nitrogen and oxygen atoms in total. The first-order valence-electron chi connectivity index (χ1n) is 35.4. The number of allylic oxidation sites excluding steroid dienone is 4. The van der Waals surface area contributed by atoms with Crippen molar-refractivity contribution < 1.29 is 4.11 Å². The zero-order valence-corrected chi connectivity index (χ0v) is 53.9. The van der Waals surface area contributed by atoms with E-state index in [9.17, 15) is 4.11 Å². The van der Waals surface area contributed by atoms with Gasteiger partial charge in [-0.25, -0.2) is 0 Å². The molecule has 0 spiro atoms. The van der Waals surface area contributed by atoms with Crippen LogP contribution in [0, 0.1) is 30.0 Å². The molecule has 0 N–H and O–H groups in total. The molecule has 0 fully saturated rings. The van der Waals surface area contributed by atoms with E-state index in [4.69, 9.17) is 0 Å². The third-order valence-electron chi connectivity index (χ3n) is 21.7. The zero-order valence-electron chi connectivity index (χ0n) is 56.9. The van der Waals surface area contributed by atoms with Crippen LogP contribution in [0.25, 0.3) is 77.2 Å². The van der Waals surface area contributed by atoms with Crippen LogP contribution in [0.1, 0.15) is 108 Å². The molecule has 92 heavy (non-hydrogen) atoms. The second-order valence-corrected chi connectivity index (χ2v) is 29.1. The zero-order chi connectivity index (χ0) is 64.6. The molecular formula is C87H81BN4. The maximum absolute atomic E-state index is 9.87. The standard InChI is InChI=1S/C87H81BN4/c1-56-48-81-83-82(49-56)92(85-71(59-32-16-10-17-33-59)52-62(87(5,6)7)53-72(85)60-34-18-11-19-35-60)80-55-64(90-77-42-26-22-38-67(77)68-39-23-27-43-78(68)90)45-47-74(80)88(83)73-46-44-63(89-75-40-24-20-36-65(75)66-37-21-25-41-76(66)89)54-79(73)91(81)84-69(57-28-12-8-13-29-57)50-61(86(2,3)4)51-70(84)58-30-14-9-15-31-58/h8-10,12-16,20-31,34,36-52,54-55,59,62,72,85H,11,17-19,32-33,35,53H2,1-7H3/i1D3. The molecule has 0 saturated heterocycles. The quantitative estimate of drug-likeness (QED) is 0.111. The van der Waals surface area contributed by atoms with E-state index in [0.717, 1.165) is 128 Å². The van der Waals surface area contributed by atoms with Gasteiger partial charge in [-0.15, -0.1) is 0 Å². The van der Waals surface area contributed by atoms with Crippen molar-refractivity contribution in [2.45, 2.75) is 111 Å². The van der Waals surface area contributed by atoms with Crippen molar-refractivity contribution >= 4 is 95.1 Å². The van der Waals surface area contributed by atoms with Gasteiger partial charge in [-0.05, 0) is 198 Å². The van der Waals surface area contributed by atoms with Gasteiger partial charge in [0.2, 0.25) is 0 Å². The molecule has 3 aliphatic carbocycles. The minimum absolute atomic E-state index is 0.0148. The van der Waals surface area contributed by atoms with Crippen LogP contribution in [0.5, 0.6) is 0 Å². The molecule has 4 atom stereocenters. The normalized spacial score (nSPS) is 19.5. The van der Waals surface area contributed by atoms with Gasteiger partial charge in [0.1, 0.15) is 0 Å². The summed E-state index contributed by atoms with van der Waals surface area (Å²) in [5.74, 6) is 0.815. The molecule has 4 unspecified atom stereocenters. The Morgan fingerprint density at radius 1 is 0.511 bits per heavy atom. The highest BCUT2D eigenvalue weighted by atomic mass is 15.2. The van der Waals surface area contributed by atoms with Crippen LogP contribution in [0.3, 0.4) is 0 Å². The monoisotopic (exact) mass is 1200 g/mol. The number of hydrogen-bond donors (Lipinski definition) is 0. The van der Waals surface area contributed by atoms with Crippen molar-refractivity contribution in [1.29, 1.82) is 0 Å². The summed E-state index contributed by atoms with van der Waals surface area (Å²) in [7, 11) is 0. The third kappa shape index (κ3) is 9.15. The van der Waals surface area contributed by atoms with Gasteiger partial charge in [0.25, 0.3) is 6.71 Å². The molecule has 0 amide bonds. The van der Waals surface area contributed by atoms with E-state index >= 15 is 0 Å². The van der Waals surface area contributed by atoms with E-state index < -0.39 is 6.85 Å². The number of aromatic nitrogens is 2. The molecule has 17 rings (SSSR count). The first kappa shape index (κ1) is 53.4. The van der Waals surface area contributed by atoms with Gasteiger partial charge in [-0.2, -0.15) is 0 Å². The molecule has 5 aliphatic rings. The summed E-state index contributed by atoms with van der Waals surface area (Å²) in [5, 5.41) is 4.83. The molecule has 452 valence electrons. The minimum atomic E-state index is -2.49. The van der Waals surface area contributed by atoms with Gasteiger partial charge < -0.3 is 18.9 Å². The van der Waals surface area contributed by atoms with Crippen molar-refractivity contribution in [1.82, 2.24) is 9.13 Å². The van der Waals surface area contributed by atoms with Gasteiger partial charge in [-0.3, -0.25) is 0 Å². The Hall–Kier alpha value is -9.32. The van der Waals surface area contributed by atoms with Crippen LogP contribution < -0.4 is 26.2 Å². The Kier molecular flexibility index (Phi) is 12.7. The van der Waals surface area contributed by atoms with Crippen LogP contribution in [0.15, 0.2) is 254 Å². The lowest BCUT2D eigenvalue weighted by atomic mass is 9.33. The molecule has 2 aromatic heterocycles. The van der Waals surface area contributed by atoms with Crippen LogP contribution in [-0.4, -0.2) is 21.9 Å². The summed E-state index contributed by atoms with van der Waals surface area (Å²) in [4.78, 5) is 5.32. The second kappa shape index (κ2) is 21.9. The van der Waals surface area contributed by atoms with Crippen LogP contribution in [0.2, 0.25) is 0 Å². The van der Waals surface area contributed by atoms with Gasteiger partial charge >= 0.3 is 0 Å². The van der Waals surface area contributed by atoms with Gasteiger partial charge in [0, 0.05) is 76.8 Å². The maximum atomic E-state index is 9.87. The van der Waals surface area contributed by atoms with Crippen molar-refractivity contribution in [2.75, 3.05) is 9.80 Å². The molecule has 0 bridgehead atoms. The van der Waals surface area contributed by atoms with E-state index in [1.807, 2.05) is 0 Å². The third-order valence-corrected chi connectivity index (χ3v) is 21.7. The highest BCUT2D eigenvalue weighted by molar-refractivity contribution is 7.00.